The average molecular weight is 850 g/mol. The van der Waals surface area contributed by atoms with E-state index in [1.165, 1.54) is 6.07 Å². The van der Waals surface area contributed by atoms with Crippen LogP contribution in [-0.4, -0.2) is 25.9 Å². The van der Waals surface area contributed by atoms with Gasteiger partial charge in [-0.15, -0.1) is 0 Å². The molecule has 0 saturated heterocycles. The molecule has 0 saturated carbocycles. The van der Waals surface area contributed by atoms with Crippen LogP contribution in [0.25, 0.3) is 0 Å². The molecule has 2 N–H and O–H groups in total. The van der Waals surface area contributed by atoms with Crippen molar-refractivity contribution in [1.82, 2.24) is 0 Å². The van der Waals surface area contributed by atoms with Crippen molar-refractivity contribution >= 4 is 74.8 Å². The van der Waals surface area contributed by atoms with E-state index in [2.05, 4.69) is 42.5 Å². The van der Waals surface area contributed by atoms with Gasteiger partial charge in [-0.3, -0.25) is 0 Å². The Morgan fingerprint density at radius 2 is 0.900 bits per heavy atom. The van der Waals surface area contributed by atoms with E-state index in [9.17, 15) is 25.9 Å². The molecule has 0 spiro atoms. The molecule has 0 atom stereocenters. The van der Waals surface area contributed by atoms with Crippen LogP contribution in [0.4, 0.5) is 22.7 Å². The Morgan fingerprint density at radius 3 is 1.24 bits per heavy atom. The molecule has 0 aliphatic carbocycles. The van der Waals surface area contributed by atoms with Crippen molar-refractivity contribution in [3.05, 3.63) is 138 Å². The van der Waals surface area contributed by atoms with Crippen LogP contribution in [0.5, 0.6) is 0 Å². The van der Waals surface area contributed by atoms with Crippen molar-refractivity contribution < 1.29 is 55.5 Å². The van der Waals surface area contributed by atoms with Crippen LogP contribution in [0.3, 0.4) is 0 Å². The van der Waals surface area contributed by atoms with Gasteiger partial charge >= 0.3 is 29.6 Å². The van der Waals surface area contributed by atoms with E-state index < -0.39 is 35.9 Å². The fourth-order valence-corrected chi connectivity index (χ4v) is 8.98. The van der Waals surface area contributed by atoms with Crippen LogP contribution >= 0.6 is 31.9 Å². The summed E-state index contributed by atoms with van der Waals surface area (Å²) in [6.45, 7) is 11.8. The van der Waals surface area contributed by atoms with Crippen LogP contribution in [0, 0.1) is 41.5 Å². The Morgan fingerprint density at radius 1 is 0.520 bits per heavy atom. The van der Waals surface area contributed by atoms with Gasteiger partial charge in [0.15, 0.2) is 0 Å². The van der Waals surface area contributed by atoms with Crippen molar-refractivity contribution in [3.8, 4) is 0 Å². The molecule has 5 aromatic carbocycles. The number of benzene rings is 5. The van der Waals surface area contributed by atoms with E-state index in [0.717, 1.165) is 71.1 Å². The average Bonchev–Trinajstić information content (AvgIpc) is 2.98. The molecule has 0 heterocycles. The molecule has 0 unspecified atom stereocenters. The van der Waals surface area contributed by atoms with Crippen LogP contribution in [0.1, 0.15) is 56.0 Å². The number of aryl methyl sites for hydroxylation is 6. The first kappa shape index (κ1) is 40.3. The summed E-state index contributed by atoms with van der Waals surface area (Å²) in [4.78, 5) is -1.56. The zero-order chi connectivity index (χ0) is 36.0. The summed E-state index contributed by atoms with van der Waals surface area (Å²) >= 11 is 7.07. The molecule has 13 heteroatoms. The molecule has 0 fully saturated rings. The standard InChI is InChI=1S/C37H36Br2N2O6S2.Na/c1-20-17-28(40-36-22(3)13-26(38)14-23(36)4)7-10-31(20)35(33-12-9-30(48(42,43)44)19-34(33)49(45,46)47)32-11-8-29(18-21(32)2)41-37-24(5)15-27(39)16-25(37)6;/h7-19,35,40-41H,1-6H3,(H,42,43,44)(H,45,46,47);/q;+1/p-2. The smallest absolute Gasteiger partial charge is 0.744 e. The Labute approximate surface area is 333 Å². The summed E-state index contributed by atoms with van der Waals surface area (Å²) in [6, 6.07) is 22.4. The zero-order valence-corrected chi connectivity index (χ0v) is 35.4. The minimum Gasteiger partial charge on any atom is -0.744 e. The number of anilines is 4. The van der Waals surface area contributed by atoms with Crippen molar-refractivity contribution in [2.24, 2.45) is 0 Å². The second kappa shape index (κ2) is 15.6. The van der Waals surface area contributed by atoms with Crippen molar-refractivity contribution in [2.45, 2.75) is 57.3 Å². The molecule has 0 aromatic heterocycles. The third kappa shape index (κ3) is 8.91. The molecule has 5 aromatic rings. The SMILES string of the molecule is Cc1cc(Nc2c(C)cc(Br)cc2C)ccc1C(c1ccc(Nc2c(C)cc(Br)cc2C)cc1C)c1ccc(S(=O)(=O)[O-])cc1S(=O)(=O)[O-].[Na+]. The van der Waals surface area contributed by atoms with E-state index in [4.69, 9.17) is 0 Å². The normalized spacial score (nSPS) is 11.7. The Bertz CT molecular complexity index is 2190. The topological polar surface area (TPSA) is 138 Å². The third-order valence-corrected chi connectivity index (χ3v) is 11.2. The van der Waals surface area contributed by atoms with E-state index >= 15 is 0 Å². The minimum absolute atomic E-state index is 0. The summed E-state index contributed by atoms with van der Waals surface area (Å²) in [5.41, 5.74) is 10.7. The summed E-state index contributed by atoms with van der Waals surface area (Å²) in [7, 11) is -10.3. The predicted octanol–water partition coefficient (Wildman–Crippen LogP) is 6.54. The van der Waals surface area contributed by atoms with Crippen LogP contribution < -0.4 is 40.2 Å². The molecule has 0 radical (unpaired) electrons. The van der Waals surface area contributed by atoms with Crippen LogP contribution in [0.2, 0.25) is 0 Å². The van der Waals surface area contributed by atoms with Gasteiger partial charge in [0, 0.05) is 37.6 Å². The molecule has 0 aliphatic heterocycles. The maximum Gasteiger partial charge on any atom is 1.00 e. The van der Waals surface area contributed by atoms with Gasteiger partial charge < -0.3 is 19.7 Å². The first-order valence-electron chi connectivity index (χ1n) is 15.2. The third-order valence-electron chi connectivity index (χ3n) is 8.55. The maximum absolute atomic E-state index is 12.7. The number of halogens is 2. The van der Waals surface area contributed by atoms with Gasteiger partial charge in [0.05, 0.1) is 9.79 Å². The second-order valence-electron chi connectivity index (χ2n) is 12.3. The molecular formula is C37H34Br2N2NaO6S2-. The molecule has 5 rings (SSSR count). The number of hydrogen-bond acceptors (Lipinski definition) is 8. The predicted molar refractivity (Wildman–Crippen MR) is 199 cm³/mol. The van der Waals surface area contributed by atoms with Crippen LogP contribution in [-0.2, 0) is 20.2 Å². The maximum atomic E-state index is 12.7. The van der Waals surface area contributed by atoms with Gasteiger partial charge in [-0.1, -0.05) is 50.1 Å². The molecule has 0 bridgehead atoms. The van der Waals surface area contributed by atoms with E-state index in [-0.39, 0.29) is 35.1 Å². The fraction of sp³-hybridized carbons (Fsp3) is 0.189. The number of hydrogen-bond donors (Lipinski definition) is 2. The van der Waals surface area contributed by atoms with Crippen molar-refractivity contribution in [3.63, 3.8) is 0 Å². The van der Waals surface area contributed by atoms with Gasteiger partial charge in [0.2, 0.25) is 0 Å². The Balaban J connectivity index is 0.00000562. The summed E-state index contributed by atoms with van der Waals surface area (Å²) < 4.78 is 75.6. The molecular weight excluding hydrogens is 815 g/mol. The largest absolute Gasteiger partial charge is 1.00 e. The summed E-state index contributed by atoms with van der Waals surface area (Å²) in [5, 5.41) is 6.98. The Hall–Kier alpha value is -2.52. The second-order valence-corrected chi connectivity index (χ2v) is 16.8. The first-order chi connectivity index (χ1) is 22.8. The quantitative estimate of drug-likeness (QED) is 0.0970. The zero-order valence-electron chi connectivity index (χ0n) is 28.6. The minimum atomic E-state index is -5.21. The Kier molecular flexibility index (Phi) is 12.6. The number of nitrogens with one attached hydrogen (secondary N) is 2. The van der Waals surface area contributed by atoms with Crippen LogP contribution in [0.15, 0.2) is 97.6 Å². The molecule has 0 aliphatic rings. The van der Waals surface area contributed by atoms with Crippen molar-refractivity contribution in [1.29, 1.82) is 0 Å². The molecule has 0 amide bonds. The van der Waals surface area contributed by atoms with Gasteiger partial charge in [-0.05, 0) is 152 Å². The first-order valence-corrected chi connectivity index (χ1v) is 19.6. The van der Waals surface area contributed by atoms with Gasteiger partial charge in [0.1, 0.15) is 20.2 Å². The summed E-state index contributed by atoms with van der Waals surface area (Å²) in [6.07, 6.45) is 0. The van der Waals surface area contributed by atoms with E-state index in [0.29, 0.717) is 17.2 Å². The van der Waals surface area contributed by atoms with Gasteiger partial charge in [-0.2, -0.15) is 0 Å². The van der Waals surface area contributed by atoms with E-state index in [1.807, 2.05) is 102 Å². The van der Waals surface area contributed by atoms with Crippen molar-refractivity contribution in [2.75, 3.05) is 10.6 Å². The number of rotatable bonds is 9. The molecule has 256 valence electrons. The van der Waals surface area contributed by atoms with Gasteiger partial charge in [-0.25, -0.2) is 16.8 Å². The molecule has 50 heavy (non-hydrogen) atoms. The van der Waals surface area contributed by atoms with E-state index in [1.54, 1.807) is 0 Å². The monoisotopic (exact) mass is 847 g/mol. The summed E-state index contributed by atoms with van der Waals surface area (Å²) in [5.74, 6) is -0.808. The fourth-order valence-electron chi connectivity index (χ4n) is 6.29. The van der Waals surface area contributed by atoms with Gasteiger partial charge in [0.25, 0.3) is 0 Å². The molecule has 8 nitrogen and oxygen atoms in total.